The van der Waals surface area contributed by atoms with Gasteiger partial charge in [0.2, 0.25) is 10.0 Å². The van der Waals surface area contributed by atoms with Gasteiger partial charge in [-0.05, 0) is 42.9 Å². The molecule has 1 N–H and O–H groups in total. The molecule has 0 spiro atoms. The van der Waals surface area contributed by atoms with Crippen molar-refractivity contribution in [1.29, 1.82) is 0 Å². The van der Waals surface area contributed by atoms with Crippen LogP contribution < -0.4 is 4.72 Å². The molecular formula is C16H17BrN2O3S. The molecule has 0 aliphatic carbocycles. The van der Waals surface area contributed by atoms with Crippen molar-refractivity contribution in [2.24, 2.45) is 0 Å². The highest BCUT2D eigenvalue weighted by atomic mass is 79.9. The maximum atomic E-state index is 12.4. The van der Waals surface area contributed by atoms with Crippen LogP contribution >= 0.6 is 15.9 Å². The van der Waals surface area contributed by atoms with Gasteiger partial charge in [0.05, 0.1) is 4.90 Å². The Morgan fingerprint density at radius 2 is 1.74 bits per heavy atom. The zero-order valence-electron chi connectivity index (χ0n) is 12.8. The standard InChI is InChI=1S/C16H17BrN2O3S/c1-18-23(21,22)14-9-7-12(8-10-14)16(20)19(2)11-13-5-3-4-6-15(13)17/h3-10,18H,11H2,1-2H3. The van der Waals surface area contributed by atoms with E-state index in [4.69, 9.17) is 0 Å². The van der Waals surface area contributed by atoms with Crippen molar-refractivity contribution < 1.29 is 13.2 Å². The number of carbonyl (C=O) groups is 1. The summed E-state index contributed by atoms with van der Waals surface area (Å²) in [5.41, 5.74) is 1.44. The third kappa shape index (κ3) is 4.19. The molecule has 0 saturated carbocycles. The van der Waals surface area contributed by atoms with E-state index in [-0.39, 0.29) is 10.8 Å². The minimum Gasteiger partial charge on any atom is -0.337 e. The second-order valence-electron chi connectivity index (χ2n) is 4.98. The summed E-state index contributed by atoms with van der Waals surface area (Å²) in [4.78, 5) is 14.2. The average Bonchev–Trinajstić information content (AvgIpc) is 2.56. The highest BCUT2D eigenvalue weighted by molar-refractivity contribution is 9.10. The fourth-order valence-corrected chi connectivity index (χ4v) is 3.21. The molecule has 2 aromatic rings. The van der Waals surface area contributed by atoms with E-state index in [9.17, 15) is 13.2 Å². The van der Waals surface area contributed by atoms with Gasteiger partial charge in [0, 0.05) is 23.6 Å². The summed E-state index contributed by atoms with van der Waals surface area (Å²) in [6.45, 7) is 0.455. The van der Waals surface area contributed by atoms with Crippen molar-refractivity contribution in [2.45, 2.75) is 11.4 Å². The van der Waals surface area contributed by atoms with Gasteiger partial charge in [-0.1, -0.05) is 34.1 Å². The van der Waals surface area contributed by atoms with Crippen molar-refractivity contribution in [1.82, 2.24) is 9.62 Å². The molecule has 1 amide bonds. The van der Waals surface area contributed by atoms with Crippen LogP contribution in [0.2, 0.25) is 0 Å². The second-order valence-corrected chi connectivity index (χ2v) is 7.73. The number of sulfonamides is 1. The van der Waals surface area contributed by atoms with E-state index in [0.717, 1.165) is 10.0 Å². The molecule has 0 aromatic heterocycles. The minimum absolute atomic E-state index is 0.130. The zero-order valence-corrected chi connectivity index (χ0v) is 15.2. The molecule has 0 atom stereocenters. The first kappa shape index (κ1) is 17.7. The molecule has 23 heavy (non-hydrogen) atoms. The van der Waals surface area contributed by atoms with E-state index in [2.05, 4.69) is 20.7 Å². The van der Waals surface area contributed by atoms with E-state index in [1.54, 1.807) is 11.9 Å². The summed E-state index contributed by atoms with van der Waals surface area (Å²) >= 11 is 3.46. The van der Waals surface area contributed by atoms with Gasteiger partial charge in [0.25, 0.3) is 5.91 Å². The molecule has 0 heterocycles. The third-order valence-electron chi connectivity index (χ3n) is 3.39. The molecule has 0 aliphatic heterocycles. The van der Waals surface area contributed by atoms with Crippen LogP contribution in [-0.4, -0.2) is 33.3 Å². The van der Waals surface area contributed by atoms with Gasteiger partial charge in [-0.2, -0.15) is 0 Å². The lowest BCUT2D eigenvalue weighted by atomic mass is 10.1. The lowest BCUT2D eigenvalue weighted by molar-refractivity contribution is 0.0784. The van der Waals surface area contributed by atoms with Crippen LogP contribution in [0.15, 0.2) is 57.9 Å². The van der Waals surface area contributed by atoms with Crippen molar-refractivity contribution in [2.75, 3.05) is 14.1 Å². The fourth-order valence-electron chi connectivity index (χ4n) is 2.07. The first-order valence-electron chi connectivity index (χ1n) is 6.87. The number of nitrogens with zero attached hydrogens (tertiary/aromatic N) is 1. The Morgan fingerprint density at radius 3 is 2.30 bits per heavy atom. The van der Waals surface area contributed by atoms with Gasteiger partial charge < -0.3 is 4.90 Å². The molecule has 2 aromatic carbocycles. The molecular weight excluding hydrogens is 380 g/mol. The number of benzene rings is 2. The van der Waals surface area contributed by atoms with E-state index < -0.39 is 10.0 Å². The fraction of sp³-hybridized carbons (Fsp3) is 0.188. The maximum Gasteiger partial charge on any atom is 0.253 e. The third-order valence-corrected chi connectivity index (χ3v) is 5.60. The second kappa shape index (κ2) is 7.25. The summed E-state index contributed by atoms with van der Waals surface area (Å²) in [5.74, 6) is -0.172. The summed E-state index contributed by atoms with van der Waals surface area (Å²) in [6.07, 6.45) is 0. The normalized spacial score (nSPS) is 11.3. The first-order chi connectivity index (χ1) is 10.8. The molecule has 2 rings (SSSR count). The van der Waals surface area contributed by atoms with Crippen LogP contribution in [0.5, 0.6) is 0 Å². The van der Waals surface area contributed by atoms with Crippen LogP contribution in [0, 0.1) is 0 Å². The quantitative estimate of drug-likeness (QED) is 0.844. The molecule has 7 heteroatoms. The van der Waals surface area contributed by atoms with E-state index in [1.807, 2.05) is 24.3 Å². The van der Waals surface area contributed by atoms with Crippen LogP contribution in [0.1, 0.15) is 15.9 Å². The van der Waals surface area contributed by atoms with E-state index in [0.29, 0.717) is 12.1 Å². The molecule has 122 valence electrons. The monoisotopic (exact) mass is 396 g/mol. The van der Waals surface area contributed by atoms with Crippen LogP contribution in [0.4, 0.5) is 0 Å². The summed E-state index contributed by atoms with van der Waals surface area (Å²) in [6, 6.07) is 13.6. The summed E-state index contributed by atoms with van der Waals surface area (Å²) in [5, 5.41) is 0. The number of hydrogen-bond donors (Lipinski definition) is 1. The lowest BCUT2D eigenvalue weighted by Crippen LogP contribution is -2.26. The van der Waals surface area contributed by atoms with Gasteiger partial charge in [-0.3, -0.25) is 4.79 Å². The van der Waals surface area contributed by atoms with Gasteiger partial charge in [0.15, 0.2) is 0 Å². The van der Waals surface area contributed by atoms with Crippen LogP contribution in [-0.2, 0) is 16.6 Å². The zero-order chi connectivity index (χ0) is 17.0. The largest absolute Gasteiger partial charge is 0.337 e. The van der Waals surface area contributed by atoms with Crippen molar-refractivity contribution >= 4 is 31.9 Å². The molecule has 0 unspecified atom stereocenters. The van der Waals surface area contributed by atoms with E-state index in [1.165, 1.54) is 31.3 Å². The van der Waals surface area contributed by atoms with Crippen LogP contribution in [0.25, 0.3) is 0 Å². The smallest absolute Gasteiger partial charge is 0.253 e. The predicted molar refractivity (Wildman–Crippen MR) is 92.6 cm³/mol. The van der Waals surface area contributed by atoms with E-state index >= 15 is 0 Å². The molecule has 0 saturated heterocycles. The summed E-state index contributed by atoms with van der Waals surface area (Å²) < 4.78 is 26.5. The molecule has 0 radical (unpaired) electrons. The Hall–Kier alpha value is -1.70. The Balaban J connectivity index is 2.15. The number of rotatable bonds is 5. The molecule has 0 fully saturated rings. The van der Waals surface area contributed by atoms with Gasteiger partial charge in [0.1, 0.15) is 0 Å². The van der Waals surface area contributed by atoms with Crippen molar-refractivity contribution in [3.8, 4) is 0 Å². The topological polar surface area (TPSA) is 66.5 Å². The number of nitrogens with one attached hydrogen (secondary N) is 1. The Labute approximate surface area is 144 Å². The van der Waals surface area contributed by atoms with Gasteiger partial charge in [-0.15, -0.1) is 0 Å². The number of carbonyl (C=O) groups excluding carboxylic acids is 1. The first-order valence-corrected chi connectivity index (χ1v) is 9.15. The molecule has 5 nitrogen and oxygen atoms in total. The Kier molecular flexibility index (Phi) is 5.56. The molecule has 0 aliphatic rings. The lowest BCUT2D eigenvalue weighted by Gasteiger charge is -2.18. The number of amides is 1. The van der Waals surface area contributed by atoms with Gasteiger partial charge >= 0.3 is 0 Å². The van der Waals surface area contributed by atoms with Crippen LogP contribution in [0.3, 0.4) is 0 Å². The maximum absolute atomic E-state index is 12.4. The Morgan fingerprint density at radius 1 is 1.13 bits per heavy atom. The number of halogens is 1. The molecule has 0 bridgehead atoms. The Bertz CT molecular complexity index is 804. The van der Waals surface area contributed by atoms with Crippen molar-refractivity contribution in [3.05, 3.63) is 64.1 Å². The SMILES string of the molecule is CNS(=O)(=O)c1ccc(C(=O)N(C)Cc2ccccc2Br)cc1. The minimum atomic E-state index is -3.50. The average molecular weight is 397 g/mol. The van der Waals surface area contributed by atoms with Crippen molar-refractivity contribution in [3.63, 3.8) is 0 Å². The highest BCUT2D eigenvalue weighted by Crippen LogP contribution is 2.18. The highest BCUT2D eigenvalue weighted by Gasteiger charge is 2.15. The predicted octanol–water partition coefficient (Wildman–Crippen LogP) is 2.63. The van der Waals surface area contributed by atoms with Gasteiger partial charge in [-0.25, -0.2) is 13.1 Å². The number of hydrogen-bond acceptors (Lipinski definition) is 3. The summed E-state index contributed by atoms with van der Waals surface area (Å²) in [7, 11) is -0.441.